The van der Waals surface area contributed by atoms with Crippen molar-refractivity contribution < 1.29 is 21.6 Å². The molecule has 0 bridgehead atoms. The van der Waals surface area contributed by atoms with Gasteiger partial charge in [-0.1, -0.05) is 35.9 Å². The fourth-order valence-corrected chi connectivity index (χ4v) is 5.03. The molecule has 0 aliphatic rings. The van der Waals surface area contributed by atoms with E-state index in [1.54, 1.807) is 61.5 Å². The lowest BCUT2D eigenvalue weighted by atomic mass is 10.1. The lowest BCUT2D eigenvalue weighted by molar-refractivity contribution is 0.0940. The van der Waals surface area contributed by atoms with Gasteiger partial charge in [0.15, 0.2) is 9.84 Å². The molecule has 0 fully saturated rings. The number of anilines is 1. The van der Waals surface area contributed by atoms with Gasteiger partial charge in [-0.15, -0.1) is 0 Å². The average molecular weight is 487 g/mol. The first-order chi connectivity index (χ1) is 15.4. The highest BCUT2D eigenvalue weighted by molar-refractivity contribution is 7.92. The van der Waals surface area contributed by atoms with Gasteiger partial charge in [-0.25, -0.2) is 16.8 Å². The summed E-state index contributed by atoms with van der Waals surface area (Å²) in [5.74, 6) is -0.377. The third kappa shape index (κ3) is 5.61. The van der Waals surface area contributed by atoms with E-state index in [1.807, 2.05) is 6.92 Å². The van der Waals surface area contributed by atoms with Crippen molar-refractivity contribution in [1.82, 2.24) is 5.32 Å². The molecular weight excluding hydrogens is 460 g/mol. The van der Waals surface area contributed by atoms with E-state index in [1.165, 1.54) is 25.2 Å². The van der Waals surface area contributed by atoms with E-state index >= 15 is 0 Å². The van der Waals surface area contributed by atoms with E-state index < -0.39 is 19.9 Å². The third-order valence-corrected chi connectivity index (χ3v) is 8.24. The van der Waals surface area contributed by atoms with Crippen LogP contribution in [0.2, 0.25) is 0 Å². The molecule has 3 rings (SSSR count). The van der Waals surface area contributed by atoms with Crippen LogP contribution in [0.1, 0.15) is 34.5 Å². The molecule has 0 saturated carbocycles. The minimum atomic E-state index is -3.78. The maximum atomic E-state index is 13.0. The first-order valence-corrected chi connectivity index (χ1v) is 13.5. The molecule has 1 N–H and O–H groups in total. The molecule has 0 unspecified atom stereocenters. The molecule has 1 amide bonds. The molecular formula is C24H26N2O5S2. The Morgan fingerprint density at radius 3 is 2.03 bits per heavy atom. The monoisotopic (exact) mass is 486 g/mol. The Morgan fingerprint density at radius 2 is 1.45 bits per heavy atom. The molecule has 7 nitrogen and oxygen atoms in total. The van der Waals surface area contributed by atoms with Gasteiger partial charge in [-0.2, -0.15) is 0 Å². The maximum absolute atomic E-state index is 13.0. The number of rotatable bonds is 7. The maximum Gasteiger partial charge on any atom is 0.264 e. The highest BCUT2D eigenvalue weighted by Crippen LogP contribution is 2.24. The topological polar surface area (TPSA) is 101 Å². The fraction of sp³-hybridized carbons (Fsp3) is 0.208. The smallest absolute Gasteiger partial charge is 0.264 e. The van der Waals surface area contributed by atoms with Gasteiger partial charge in [-0.3, -0.25) is 9.10 Å². The van der Waals surface area contributed by atoms with E-state index in [4.69, 9.17) is 0 Å². The lowest BCUT2D eigenvalue weighted by Crippen LogP contribution is -2.28. The number of hydrogen-bond donors (Lipinski definition) is 1. The number of aryl methyl sites for hydroxylation is 1. The average Bonchev–Trinajstić information content (AvgIpc) is 2.78. The van der Waals surface area contributed by atoms with Gasteiger partial charge in [0.05, 0.1) is 21.5 Å². The molecule has 0 heterocycles. The molecule has 0 radical (unpaired) electrons. The van der Waals surface area contributed by atoms with Crippen molar-refractivity contribution in [1.29, 1.82) is 0 Å². The molecule has 1 atom stereocenters. The summed E-state index contributed by atoms with van der Waals surface area (Å²) < 4.78 is 50.3. The van der Waals surface area contributed by atoms with Crippen LogP contribution in [0, 0.1) is 6.92 Å². The summed E-state index contributed by atoms with van der Waals surface area (Å²) in [4.78, 5) is 13.2. The standard InChI is InChI=1S/C24H26N2O5S2/c1-17-8-12-23(13-9-17)33(30,31)26(3)21-7-5-6-20(16-21)24(27)25-18(2)19-10-14-22(15-11-19)32(4,28)29/h5-16,18H,1-4H3,(H,25,27)/t18-/m1/s1. The van der Waals surface area contributed by atoms with E-state index in [9.17, 15) is 21.6 Å². The highest BCUT2D eigenvalue weighted by atomic mass is 32.2. The first-order valence-electron chi connectivity index (χ1n) is 10.2. The van der Waals surface area contributed by atoms with Gasteiger partial charge < -0.3 is 5.32 Å². The van der Waals surface area contributed by atoms with Gasteiger partial charge in [0.25, 0.3) is 15.9 Å². The summed E-state index contributed by atoms with van der Waals surface area (Å²) in [6, 6.07) is 18.8. The number of amides is 1. The van der Waals surface area contributed by atoms with Crippen molar-refractivity contribution in [2.75, 3.05) is 17.6 Å². The fourth-order valence-electron chi connectivity index (χ4n) is 3.22. The highest BCUT2D eigenvalue weighted by Gasteiger charge is 2.22. The number of carbonyl (C=O) groups is 1. The summed E-state index contributed by atoms with van der Waals surface area (Å²) in [5.41, 5.74) is 2.35. The number of carbonyl (C=O) groups excluding carboxylic acids is 1. The van der Waals surface area contributed by atoms with Gasteiger partial charge in [0.2, 0.25) is 0 Å². The molecule has 9 heteroatoms. The van der Waals surface area contributed by atoms with Crippen LogP contribution in [0.25, 0.3) is 0 Å². The van der Waals surface area contributed by atoms with E-state index in [0.29, 0.717) is 11.3 Å². The second kappa shape index (κ2) is 9.36. The Morgan fingerprint density at radius 1 is 0.879 bits per heavy atom. The van der Waals surface area contributed by atoms with Crippen LogP contribution in [-0.4, -0.2) is 36.0 Å². The number of sulfonamides is 1. The van der Waals surface area contributed by atoms with Crippen LogP contribution in [-0.2, 0) is 19.9 Å². The van der Waals surface area contributed by atoms with Gasteiger partial charge in [-0.05, 0) is 61.9 Å². The van der Waals surface area contributed by atoms with Crippen molar-refractivity contribution in [2.24, 2.45) is 0 Å². The third-order valence-electron chi connectivity index (χ3n) is 5.31. The van der Waals surface area contributed by atoms with Gasteiger partial charge >= 0.3 is 0 Å². The Labute approximate surface area is 195 Å². The molecule has 174 valence electrons. The Kier molecular flexibility index (Phi) is 6.94. The summed E-state index contributed by atoms with van der Waals surface area (Å²) in [6.07, 6.45) is 1.14. The number of benzene rings is 3. The summed E-state index contributed by atoms with van der Waals surface area (Å²) in [5, 5.41) is 2.86. The summed E-state index contributed by atoms with van der Waals surface area (Å²) >= 11 is 0. The molecule has 0 saturated heterocycles. The predicted octanol–water partition coefficient (Wildman–Crippen LogP) is 3.71. The molecule has 3 aromatic rings. The minimum absolute atomic E-state index is 0.164. The molecule has 0 aliphatic carbocycles. The van der Waals surface area contributed by atoms with E-state index in [0.717, 1.165) is 21.7 Å². The number of hydrogen-bond acceptors (Lipinski definition) is 5. The van der Waals surface area contributed by atoms with Gasteiger partial charge in [0, 0.05) is 18.9 Å². The Hall–Kier alpha value is -3.17. The van der Waals surface area contributed by atoms with Crippen molar-refractivity contribution >= 4 is 31.5 Å². The van der Waals surface area contributed by atoms with Crippen LogP contribution in [0.3, 0.4) is 0 Å². The second-order valence-corrected chi connectivity index (χ2v) is 11.9. The zero-order valence-corrected chi connectivity index (χ0v) is 20.4. The Balaban J connectivity index is 1.78. The molecule has 3 aromatic carbocycles. The van der Waals surface area contributed by atoms with E-state index in [2.05, 4.69) is 5.32 Å². The van der Waals surface area contributed by atoms with Crippen LogP contribution in [0.15, 0.2) is 82.6 Å². The molecule has 33 heavy (non-hydrogen) atoms. The van der Waals surface area contributed by atoms with Crippen LogP contribution in [0.5, 0.6) is 0 Å². The van der Waals surface area contributed by atoms with Gasteiger partial charge in [0.1, 0.15) is 0 Å². The number of nitrogens with one attached hydrogen (secondary N) is 1. The van der Waals surface area contributed by atoms with Crippen molar-refractivity contribution in [3.63, 3.8) is 0 Å². The number of sulfone groups is 1. The normalized spacial score (nSPS) is 12.7. The van der Waals surface area contributed by atoms with E-state index in [-0.39, 0.29) is 21.7 Å². The SMILES string of the molecule is Cc1ccc(S(=O)(=O)N(C)c2cccc(C(=O)N[C@H](C)c3ccc(S(C)(=O)=O)cc3)c2)cc1. The molecule has 0 spiro atoms. The zero-order valence-electron chi connectivity index (χ0n) is 18.8. The van der Waals surface area contributed by atoms with Crippen LogP contribution >= 0.6 is 0 Å². The summed E-state index contributed by atoms with van der Waals surface area (Å²) in [6.45, 7) is 3.66. The first kappa shape index (κ1) is 24.5. The molecule has 0 aliphatic heterocycles. The molecule has 0 aromatic heterocycles. The Bertz CT molecular complexity index is 1370. The largest absolute Gasteiger partial charge is 0.346 e. The van der Waals surface area contributed by atoms with Crippen LogP contribution < -0.4 is 9.62 Å². The summed E-state index contributed by atoms with van der Waals surface area (Å²) in [7, 11) is -5.64. The van der Waals surface area contributed by atoms with Crippen molar-refractivity contribution in [3.8, 4) is 0 Å². The predicted molar refractivity (Wildman–Crippen MR) is 129 cm³/mol. The minimum Gasteiger partial charge on any atom is -0.346 e. The lowest BCUT2D eigenvalue weighted by Gasteiger charge is -2.21. The van der Waals surface area contributed by atoms with Crippen molar-refractivity contribution in [2.45, 2.75) is 29.7 Å². The number of nitrogens with zero attached hydrogens (tertiary/aromatic N) is 1. The quantitative estimate of drug-likeness (QED) is 0.549. The van der Waals surface area contributed by atoms with Crippen molar-refractivity contribution in [3.05, 3.63) is 89.5 Å². The second-order valence-electron chi connectivity index (χ2n) is 7.87. The zero-order chi connectivity index (χ0) is 24.4. The van der Waals surface area contributed by atoms with Crippen LogP contribution in [0.4, 0.5) is 5.69 Å².